The smallest absolute Gasteiger partial charge is 0.317 e. The lowest BCUT2D eigenvalue weighted by molar-refractivity contribution is -0.149. The summed E-state index contributed by atoms with van der Waals surface area (Å²) in [5, 5.41) is 13.8. The molecule has 0 radical (unpaired) electrons. The number of hydrogen-bond acceptors (Lipinski definition) is 2. The van der Waals surface area contributed by atoms with Crippen molar-refractivity contribution in [3.63, 3.8) is 0 Å². The highest BCUT2D eigenvalue weighted by Crippen LogP contribution is 2.48. The number of likely N-dealkylation sites (tertiary alicyclic amines) is 1. The number of aliphatic carboxylic acids is 1. The Morgan fingerprint density at radius 2 is 2.19 bits per heavy atom. The van der Waals surface area contributed by atoms with E-state index in [0.717, 1.165) is 31.2 Å². The van der Waals surface area contributed by atoms with Crippen LogP contribution in [0.15, 0.2) is 30.5 Å². The van der Waals surface area contributed by atoms with Gasteiger partial charge in [0, 0.05) is 36.7 Å². The lowest BCUT2D eigenvalue weighted by Crippen LogP contribution is -2.42. The maximum Gasteiger partial charge on any atom is 0.317 e. The molecule has 26 heavy (non-hydrogen) atoms. The quantitative estimate of drug-likeness (QED) is 0.721. The fourth-order valence-corrected chi connectivity index (χ4v) is 4.72. The summed E-state index contributed by atoms with van der Waals surface area (Å²) in [6.07, 6.45) is 6.34. The van der Waals surface area contributed by atoms with Crippen LogP contribution in [0, 0.1) is 11.3 Å². The Labute approximate surface area is 152 Å². The van der Waals surface area contributed by atoms with E-state index in [9.17, 15) is 14.7 Å². The first-order valence-corrected chi connectivity index (χ1v) is 9.41. The summed E-state index contributed by atoms with van der Waals surface area (Å²) >= 11 is 0. The topological polar surface area (TPSA) is 85.4 Å². The molecular formula is C20H25N3O3. The molecule has 0 spiro atoms. The molecule has 0 unspecified atom stereocenters. The van der Waals surface area contributed by atoms with Crippen molar-refractivity contribution in [3.05, 3.63) is 36.0 Å². The summed E-state index contributed by atoms with van der Waals surface area (Å²) in [7, 11) is 0. The van der Waals surface area contributed by atoms with Crippen molar-refractivity contribution in [3.8, 4) is 0 Å². The first kappa shape index (κ1) is 16.9. The summed E-state index contributed by atoms with van der Waals surface area (Å²) in [6, 6.07) is 8.08. The average Bonchev–Trinajstić information content (AvgIpc) is 3.31. The van der Waals surface area contributed by atoms with Gasteiger partial charge in [-0.2, -0.15) is 0 Å². The number of nitrogens with one attached hydrogen (secondary N) is 2. The van der Waals surface area contributed by atoms with Crippen LogP contribution in [0.3, 0.4) is 0 Å². The molecule has 138 valence electrons. The fraction of sp³-hybridized carbons (Fsp3) is 0.500. The number of urea groups is 1. The number of H-pyrrole nitrogens is 1. The molecule has 2 heterocycles. The first-order valence-electron chi connectivity index (χ1n) is 9.41. The predicted octanol–water partition coefficient (Wildman–Crippen LogP) is 3.00. The van der Waals surface area contributed by atoms with Crippen LogP contribution in [0.4, 0.5) is 4.79 Å². The third-order valence-corrected chi connectivity index (χ3v) is 6.16. The number of carbonyl (C=O) groups is 2. The van der Waals surface area contributed by atoms with Crippen molar-refractivity contribution in [1.29, 1.82) is 0 Å². The van der Waals surface area contributed by atoms with Crippen molar-refractivity contribution >= 4 is 22.9 Å². The zero-order valence-electron chi connectivity index (χ0n) is 14.8. The molecular weight excluding hydrogens is 330 g/mol. The number of amides is 2. The Morgan fingerprint density at radius 1 is 1.35 bits per heavy atom. The molecule has 3 N–H and O–H groups in total. The summed E-state index contributed by atoms with van der Waals surface area (Å²) < 4.78 is 0. The Balaban J connectivity index is 1.28. The predicted molar refractivity (Wildman–Crippen MR) is 99.0 cm³/mol. The van der Waals surface area contributed by atoms with Crippen LogP contribution in [0.5, 0.6) is 0 Å². The Kier molecular flexibility index (Phi) is 4.34. The molecule has 1 aliphatic heterocycles. The number of hydrogen-bond donors (Lipinski definition) is 3. The number of para-hydroxylation sites is 1. The number of carboxylic acid groups (broad SMARTS) is 1. The molecule has 1 aromatic carbocycles. The number of benzene rings is 1. The van der Waals surface area contributed by atoms with Gasteiger partial charge in [0.15, 0.2) is 0 Å². The molecule has 2 fully saturated rings. The molecule has 1 saturated carbocycles. The van der Waals surface area contributed by atoms with Gasteiger partial charge >= 0.3 is 12.0 Å². The normalized spacial score (nSPS) is 24.8. The standard InChI is InChI=1S/C20H25N3O3/c24-18(25)20-9-3-6-15(20)12-23(13-20)19(26)21-10-4-5-14-11-22-17-8-2-1-7-16(14)17/h1-2,7-8,11,15,22H,3-6,9-10,12-13H2,(H,21,26)(H,24,25)/t15-,20+/m0/s1. The van der Waals surface area contributed by atoms with Crippen molar-refractivity contribution in [2.24, 2.45) is 11.3 Å². The van der Waals surface area contributed by atoms with Crippen molar-refractivity contribution in [2.75, 3.05) is 19.6 Å². The first-order chi connectivity index (χ1) is 12.6. The molecule has 2 atom stereocenters. The number of nitrogens with zero attached hydrogens (tertiary/aromatic N) is 1. The van der Waals surface area contributed by atoms with Gasteiger partial charge in [-0.3, -0.25) is 4.79 Å². The van der Waals surface area contributed by atoms with Gasteiger partial charge in [-0.1, -0.05) is 24.6 Å². The number of aryl methyl sites for hydroxylation is 1. The second kappa shape index (κ2) is 6.67. The van der Waals surface area contributed by atoms with Gasteiger partial charge in [-0.25, -0.2) is 4.79 Å². The Hall–Kier alpha value is -2.50. The molecule has 2 aromatic rings. The van der Waals surface area contributed by atoms with Crippen LogP contribution in [0.25, 0.3) is 10.9 Å². The number of fused-ring (bicyclic) bond motifs is 2. The van der Waals surface area contributed by atoms with Gasteiger partial charge in [0.05, 0.1) is 5.41 Å². The van der Waals surface area contributed by atoms with Crippen molar-refractivity contribution in [2.45, 2.75) is 32.1 Å². The Bertz CT molecular complexity index is 831. The molecule has 4 rings (SSSR count). The second-order valence-electron chi connectivity index (χ2n) is 7.63. The molecule has 2 aliphatic rings. The molecule has 6 heteroatoms. The number of aromatic nitrogens is 1. The fourth-order valence-electron chi connectivity index (χ4n) is 4.72. The van der Waals surface area contributed by atoms with E-state index in [1.807, 2.05) is 18.3 Å². The average molecular weight is 355 g/mol. The van der Waals surface area contributed by atoms with Crippen LogP contribution in [0.1, 0.15) is 31.2 Å². The summed E-state index contributed by atoms with van der Waals surface area (Å²) in [6.45, 7) is 1.52. The number of carboxylic acids is 1. The highest BCUT2D eigenvalue weighted by atomic mass is 16.4. The summed E-state index contributed by atoms with van der Waals surface area (Å²) in [5.74, 6) is -0.633. The van der Waals surface area contributed by atoms with Crippen LogP contribution in [0.2, 0.25) is 0 Å². The lowest BCUT2D eigenvalue weighted by Gasteiger charge is -2.23. The van der Waals surface area contributed by atoms with E-state index in [2.05, 4.69) is 22.4 Å². The van der Waals surface area contributed by atoms with Crippen molar-refractivity contribution in [1.82, 2.24) is 15.2 Å². The number of aromatic amines is 1. The Morgan fingerprint density at radius 3 is 3.00 bits per heavy atom. The minimum atomic E-state index is -0.741. The van der Waals surface area contributed by atoms with E-state index < -0.39 is 11.4 Å². The number of carbonyl (C=O) groups excluding carboxylic acids is 1. The molecule has 1 aliphatic carbocycles. The second-order valence-corrected chi connectivity index (χ2v) is 7.63. The molecule has 6 nitrogen and oxygen atoms in total. The maximum absolute atomic E-state index is 12.4. The lowest BCUT2D eigenvalue weighted by atomic mass is 9.81. The van der Waals surface area contributed by atoms with Gasteiger partial charge in [-0.15, -0.1) is 0 Å². The monoisotopic (exact) mass is 355 g/mol. The maximum atomic E-state index is 12.4. The van der Waals surface area contributed by atoms with E-state index in [0.29, 0.717) is 26.1 Å². The molecule has 1 saturated heterocycles. The SMILES string of the molecule is O=C(NCCCc1c[nH]c2ccccc12)N1C[C@@H]2CCC[C@@]2(C(=O)O)C1. The van der Waals surface area contributed by atoms with Gasteiger partial charge in [0.1, 0.15) is 0 Å². The minimum Gasteiger partial charge on any atom is -0.481 e. The summed E-state index contributed by atoms with van der Waals surface area (Å²) in [5.41, 5.74) is 1.69. The van der Waals surface area contributed by atoms with Crippen LogP contribution in [-0.2, 0) is 11.2 Å². The molecule has 2 amide bonds. The summed E-state index contributed by atoms with van der Waals surface area (Å²) in [4.78, 5) is 29.1. The largest absolute Gasteiger partial charge is 0.481 e. The van der Waals surface area contributed by atoms with Crippen molar-refractivity contribution < 1.29 is 14.7 Å². The third kappa shape index (κ3) is 2.83. The molecule has 0 bridgehead atoms. The van der Waals surface area contributed by atoms with Gasteiger partial charge in [0.2, 0.25) is 0 Å². The third-order valence-electron chi connectivity index (χ3n) is 6.16. The van der Waals surface area contributed by atoms with E-state index in [1.165, 1.54) is 10.9 Å². The van der Waals surface area contributed by atoms with E-state index in [4.69, 9.17) is 0 Å². The van der Waals surface area contributed by atoms with E-state index in [-0.39, 0.29) is 11.9 Å². The van der Waals surface area contributed by atoms with Gasteiger partial charge < -0.3 is 20.3 Å². The van der Waals surface area contributed by atoms with Crippen LogP contribution >= 0.6 is 0 Å². The number of rotatable bonds is 5. The highest BCUT2D eigenvalue weighted by molar-refractivity contribution is 5.83. The molecule has 1 aromatic heterocycles. The minimum absolute atomic E-state index is 0.108. The van der Waals surface area contributed by atoms with E-state index in [1.54, 1.807) is 4.90 Å². The highest BCUT2D eigenvalue weighted by Gasteiger charge is 2.55. The van der Waals surface area contributed by atoms with E-state index >= 15 is 0 Å². The zero-order chi connectivity index (χ0) is 18.1. The van der Waals surface area contributed by atoms with Gasteiger partial charge in [-0.05, 0) is 43.2 Å². The zero-order valence-corrected chi connectivity index (χ0v) is 14.8. The van der Waals surface area contributed by atoms with Gasteiger partial charge in [0.25, 0.3) is 0 Å². The van der Waals surface area contributed by atoms with Crippen LogP contribution in [-0.4, -0.2) is 46.6 Å². The van der Waals surface area contributed by atoms with Crippen LogP contribution < -0.4 is 5.32 Å².